The Morgan fingerprint density at radius 1 is 1.38 bits per heavy atom. The van der Waals surface area contributed by atoms with Crippen molar-refractivity contribution in [1.82, 2.24) is 15.5 Å². The Labute approximate surface area is 102 Å². The number of aryl methyl sites for hydroxylation is 1. The van der Waals surface area contributed by atoms with E-state index in [4.69, 9.17) is 4.52 Å². The minimum absolute atomic E-state index is 0.591. The molecule has 0 atom stereocenters. The smallest absolute Gasteiger partial charge is 0.240 e. The molecule has 1 N–H and O–H groups in total. The van der Waals surface area contributed by atoms with E-state index in [0.29, 0.717) is 18.3 Å². The summed E-state index contributed by atoms with van der Waals surface area (Å²) in [6.45, 7) is 3.18. The molecule has 5 heteroatoms. The first-order valence-corrected chi connectivity index (χ1v) is 5.78. The van der Waals surface area contributed by atoms with Crippen LogP contribution in [0, 0.1) is 6.92 Å². The highest BCUT2D eigenvalue weighted by atomic mass is 79.9. The van der Waals surface area contributed by atoms with Gasteiger partial charge in [-0.1, -0.05) is 33.2 Å². The van der Waals surface area contributed by atoms with E-state index in [9.17, 15) is 0 Å². The summed E-state index contributed by atoms with van der Waals surface area (Å²) in [7, 11) is 0. The molecule has 1 aromatic heterocycles. The molecule has 4 nitrogen and oxygen atoms in total. The highest BCUT2D eigenvalue weighted by molar-refractivity contribution is 9.10. The molecule has 0 fully saturated rings. The van der Waals surface area contributed by atoms with Crippen LogP contribution in [0.25, 0.3) is 0 Å². The number of nitrogens with zero attached hydrogens (tertiary/aromatic N) is 2. The molecule has 0 saturated heterocycles. The van der Waals surface area contributed by atoms with E-state index in [1.54, 1.807) is 6.92 Å². The molecule has 0 aliphatic heterocycles. The van der Waals surface area contributed by atoms with Gasteiger partial charge < -0.3 is 9.84 Å². The summed E-state index contributed by atoms with van der Waals surface area (Å²) in [5.74, 6) is 1.28. The molecule has 1 heterocycles. The summed E-state index contributed by atoms with van der Waals surface area (Å²) >= 11 is 3.43. The third-order valence-electron chi connectivity index (χ3n) is 2.06. The van der Waals surface area contributed by atoms with E-state index in [1.807, 2.05) is 12.1 Å². The van der Waals surface area contributed by atoms with Crippen LogP contribution >= 0.6 is 15.9 Å². The average molecular weight is 282 g/mol. The lowest BCUT2D eigenvalue weighted by molar-refractivity contribution is 0.364. The summed E-state index contributed by atoms with van der Waals surface area (Å²) in [5, 5.41) is 6.96. The van der Waals surface area contributed by atoms with Crippen LogP contribution in [0.3, 0.4) is 0 Å². The first-order valence-electron chi connectivity index (χ1n) is 4.98. The second-order valence-corrected chi connectivity index (χ2v) is 4.38. The van der Waals surface area contributed by atoms with Crippen molar-refractivity contribution in [3.8, 4) is 0 Å². The monoisotopic (exact) mass is 281 g/mol. The van der Waals surface area contributed by atoms with Crippen LogP contribution in [0.1, 0.15) is 17.3 Å². The third-order valence-corrected chi connectivity index (χ3v) is 2.56. The van der Waals surface area contributed by atoms with Gasteiger partial charge in [0.15, 0.2) is 5.82 Å². The number of rotatable bonds is 4. The van der Waals surface area contributed by atoms with Gasteiger partial charge >= 0.3 is 0 Å². The second-order valence-electron chi connectivity index (χ2n) is 3.47. The predicted molar refractivity (Wildman–Crippen MR) is 63.7 cm³/mol. The highest BCUT2D eigenvalue weighted by Crippen LogP contribution is 2.11. The normalized spacial score (nSPS) is 10.6. The van der Waals surface area contributed by atoms with Crippen LogP contribution in [0.5, 0.6) is 0 Å². The molecule has 0 aliphatic rings. The lowest BCUT2D eigenvalue weighted by Gasteiger charge is -2.02. The average Bonchev–Trinajstić information content (AvgIpc) is 2.64. The van der Waals surface area contributed by atoms with Gasteiger partial charge in [-0.05, 0) is 24.6 Å². The van der Waals surface area contributed by atoms with Gasteiger partial charge in [0.1, 0.15) is 0 Å². The van der Waals surface area contributed by atoms with Crippen LogP contribution in [0.2, 0.25) is 0 Å². The van der Waals surface area contributed by atoms with Crippen LogP contribution in [-0.4, -0.2) is 10.1 Å². The fraction of sp³-hybridized carbons (Fsp3) is 0.273. The molecule has 0 radical (unpaired) electrons. The van der Waals surface area contributed by atoms with Crippen molar-refractivity contribution >= 4 is 15.9 Å². The molecule has 16 heavy (non-hydrogen) atoms. The largest absolute Gasteiger partial charge is 0.338 e. The van der Waals surface area contributed by atoms with Crippen molar-refractivity contribution in [3.05, 3.63) is 46.0 Å². The zero-order valence-electron chi connectivity index (χ0n) is 8.90. The van der Waals surface area contributed by atoms with Gasteiger partial charge in [-0.2, -0.15) is 4.98 Å². The molecule has 1 aromatic carbocycles. The van der Waals surface area contributed by atoms with E-state index in [0.717, 1.165) is 11.0 Å². The first-order chi connectivity index (χ1) is 7.74. The topological polar surface area (TPSA) is 51.0 Å². The number of nitrogens with one attached hydrogen (secondary N) is 1. The molecule has 0 bridgehead atoms. The summed E-state index contributed by atoms with van der Waals surface area (Å²) in [6.07, 6.45) is 0. The maximum atomic E-state index is 4.99. The number of hydrogen-bond donors (Lipinski definition) is 1. The van der Waals surface area contributed by atoms with E-state index < -0.39 is 0 Å². The van der Waals surface area contributed by atoms with Gasteiger partial charge in [0, 0.05) is 11.0 Å². The number of benzene rings is 1. The van der Waals surface area contributed by atoms with Crippen molar-refractivity contribution in [2.24, 2.45) is 0 Å². The van der Waals surface area contributed by atoms with Crippen molar-refractivity contribution in [2.75, 3.05) is 0 Å². The Morgan fingerprint density at radius 3 is 2.94 bits per heavy atom. The zero-order chi connectivity index (χ0) is 11.4. The quantitative estimate of drug-likeness (QED) is 0.935. The Hall–Kier alpha value is -1.20. The van der Waals surface area contributed by atoms with Gasteiger partial charge in [0.05, 0.1) is 6.54 Å². The molecule has 2 rings (SSSR count). The first kappa shape index (κ1) is 11.3. The van der Waals surface area contributed by atoms with Crippen molar-refractivity contribution in [1.29, 1.82) is 0 Å². The Kier molecular flexibility index (Phi) is 3.69. The molecule has 0 amide bonds. The van der Waals surface area contributed by atoms with Gasteiger partial charge in [-0.25, -0.2) is 0 Å². The minimum Gasteiger partial charge on any atom is -0.338 e. The number of halogens is 1. The van der Waals surface area contributed by atoms with E-state index in [2.05, 4.69) is 43.5 Å². The maximum Gasteiger partial charge on any atom is 0.240 e. The molecule has 0 unspecified atom stereocenters. The lowest BCUT2D eigenvalue weighted by Crippen LogP contribution is -2.12. The minimum atomic E-state index is 0.591. The molecule has 0 aliphatic carbocycles. The predicted octanol–water partition coefficient (Wildman–Crippen LogP) is 2.43. The molecular formula is C11H12BrN3O. The molecular weight excluding hydrogens is 270 g/mol. The summed E-state index contributed by atoms with van der Waals surface area (Å²) < 4.78 is 6.08. The van der Waals surface area contributed by atoms with Crippen molar-refractivity contribution < 1.29 is 4.52 Å². The Balaban J connectivity index is 1.84. The van der Waals surface area contributed by atoms with E-state index in [-0.39, 0.29) is 0 Å². The van der Waals surface area contributed by atoms with E-state index in [1.165, 1.54) is 5.56 Å². The van der Waals surface area contributed by atoms with Gasteiger partial charge in [-0.15, -0.1) is 0 Å². The highest BCUT2D eigenvalue weighted by Gasteiger charge is 2.01. The lowest BCUT2D eigenvalue weighted by atomic mass is 10.2. The van der Waals surface area contributed by atoms with Crippen LogP contribution in [0.4, 0.5) is 0 Å². The third kappa shape index (κ3) is 3.15. The van der Waals surface area contributed by atoms with Crippen LogP contribution in [0.15, 0.2) is 33.3 Å². The zero-order valence-corrected chi connectivity index (χ0v) is 10.5. The molecule has 2 aromatic rings. The standard InChI is InChI=1S/C11H12BrN3O/c1-8-14-11(16-15-8)7-13-6-9-3-2-4-10(12)5-9/h2-5,13H,6-7H2,1H3. The van der Waals surface area contributed by atoms with Crippen LogP contribution in [-0.2, 0) is 13.1 Å². The Morgan fingerprint density at radius 2 is 2.25 bits per heavy atom. The summed E-state index contributed by atoms with van der Waals surface area (Å²) in [6, 6.07) is 8.16. The fourth-order valence-electron chi connectivity index (χ4n) is 1.37. The second kappa shape index (κ2) is 5.23. The molecule has 0 saturated carbocycles. The van der Waals surface area contributed by atoms with Gasteiger partial charge in [0.2, 0.25) is 5.89 Å². The van der Waals surface area contributed by atoms with E-state index >= 15 is 0 Å². The van der Waals surface area contributed by atoms with Crippen molar-refractivity contribution in [2.45, 2.75) is 20.0 Å². The summed E-state index contributed by atoms with van der Waals surface area (Å²) in [4.78, 5) is 4.11. The fourth-order valence-corrected chi connectivity index (χ4v) is 1.82. The number of hydrogen-bond acceptors (Lipinski definition) is 4. The number of aromatic nitrogens is 2. The van der Waals surface area contributed by atoms with Crippen molar-refractivity contribution in [3.63, 3.8) is 0 Å². The van der Waals surface area contributed by atoms with Gasteiger partial charge in [-0.3, -0.25) is 0 Å². The Bertz CT molecular complexity index is 470. The van der Waals surface area contributed by atoms with Crippen LogP contribution < -0.4 is 5.32 Å². The maximum absolute atomic E-state index is 4.99. The SMILES string of the molecule is Cc1noc(CNCc2cccc(Br)c2)n1. The molecule has 84 valence electrons. The molecule has 0 spiro atoms. The van der Waals surface area contributed by atoms with Gasteiger partial charge in [0.25, 0.3) is 0 Å². The summed E-state index contributed by atoms with van der Waals surface area (Å²) in [5.41, 5.74) is 1.21.